The summed E-state index contributed by atoms with van der Waals surface area (Å²) < 4.78 is 0. The smallest absolute Gasteiger partial charge is 0.106 e. The molecule has 4 fully saturated rings. The standard InChI is InChI=1S/C23H39NO3/c1-21-11-9-18(25)15-17(21)6-7-20-19(21)10-12-22(2)16(5-4-14-24-27-3)8-13-23(20,22)26/h14,16-20,25-26H,4-13,15H2,1-3H3/b24-14+/t16?,17?,18?,19-,20-,21+,22-,23-/m1/s1. The zero-order valence-corrected chi connectivity index (χ0v) is 17.5. The Bertz CT molecular complexity index is 580. The van der Waals surface area contributed by atoms with Gasteiger partial charge in [0.2, 0.25) is 0 Å². The van der Waals surface area contributed by atoms with Gasteiger partial charge in [0, 0.05) is 6.21 Å². The number of fused-ring (bicyclic) bond motifs is 5. The molecule has 27 heavy (non-hydrogen) atoms. The second kappa shape index (κ2) is 7.02. The van der Waals surface area contributed by atoms with Crippen LogP contribution in [0.4, 0.5) is 0 Å². The summed E-state index contributed by atoms with van der Waals surface area (Å²) in [6.07, 6.45) is 13.8. The predicted molar refractivity (Wildman–Crippen MR) is 107 cm³/mol. The highest BCUT2D eigenvalue weighted by Gasteiger charge is 2.66. The maximum Gasteiger partial charge on any atom is 0.106 e. The SMILES string of the molecule is CO/N=C/CCC1CC[C@@]2(O)[C@@H]3CCC4CC(O)CC[C@]4(C)[C@@H]3CC[C@]12C. The van der Waals surface area contributed by atoms with Gasteiger partial charge in [-0.15, -0.1) is 0 Å². The maximum absolute atomic E-state index is 12.1. The molecular weight excluding hydrogens is 338 g/mol. The van der Waals surface area contributed by atoms with Gasteiger partial charge in [0.05, 0.1) is 11.7 Å². The summed E-state index contributed by atoms with van der Waals surface area (Å²) in [4.78, 5) is 4.80. The fourth-order valence-electron chi connectivity index (χ4n) is 8.18. The third kappa shape index (κ3) is 2.88. The van der Waals surface area contributed by atoms with E-state index in [2.05, 4.69) is 19.0 Å². The molecule has 0 spiro atoms. The molecule has 3 unspecified atom stereocenters. The van der Waals surface area contributed by atoms with Crippen molar-refractivity contribution in [3.63, 3.8) is 0 Å². The molecule has 4 aliphatic rings. The minimum atomic E-state index is -0.497. The Morgan fingerprint density at radius 2 is 1.85 bits per heavy atom. The molecule has 0 aromatic heterocycles. The number of hydrogen-bond donors (Lipinski definition) is 2. The van der Waals surface area contributed by atoms with E-state index in [1.54, 1.807) is 7.11 Å². The molecule has 0 amide bonds. The lowest BCUT2D eigenvalue weighted by atomic mass is 9.43. The Kier molecular flexibility index (Phi) is 5.12. The van der Waals surface area contributed by atoms with Gasteiger partial charge in [0.25, 0.3) is 0 Å². The summed E-state index contributed by atoms with van der Waals surface area (Å²) in [7, 11) is 1.59. The van der Waals surface area contributed by atoms with Crippen LogP contribution in [0, 0.1) is 34.5 Å². The lowest BCUT2D eigenvalue weighted by molar-refractivity contribution is -0.210. The van der Waals surface area contributed by atoms with Gasteiger partial charge in [-0.25, -0.2) is 0 Å². The van der Waals surface area contributed by atoms with Crippen LogP contribution in [-0.2, 0) is 4.84 Å². The van der Waals surface area contributed by atoms with Crippen molar-refractivity contribution in [1.82, 2.24) is 0 Å². The number of hydrogen-bond acceptors (Lipinski definition) is 4. The summed E-state index contributed by atoms with van der Waals surface area (Å²) in [6.45, 7) is 4.87. The van der Waals surface area contributed by atoms with Gasteiger partial charge in [-0.1, -0.05) is 19.0 Å². The molecule has 0 heterocycles. The monoisotopic (exact) mass is 377 g/mol. The topological polar surface area (TPSA) is 62.0 Å². The van der Waals surface area contributed by atoms with E-state index in [4.69, 9.17) is 4.84 Å². The lowest BCUT2D eigenvalue weighted by Gasteiger charge is -2.63. The largest absolute Gasteiger partial charge is 0.399 e. The van der Waals surface area contributed by atoms with Crippen molar-refractivity contribution >= 4 is 6.21 Å². The zero-order valence-electron chi connectivity index (χ0n) is 17.5. The molecular formula is C23H39NO3. The molecule has 0 bridgehead atoms. The number of rotatable bonds is 4. The van der Waals surface area contributed by atoms with Gasteiger partial charge in [-0.2, -0.15) is 0 Å². The number of oxime groups is 1. The second-order valence-electron chi connectivity index (χ2n) is 10.6. The minimum Gasteiger partial charge on any atom is -0.399 e. The normalized spacial score (nSPS) is 52.3. The molecule has 154 valence electrons. The molecule has 0 aliphatic heterocycles. The highest BCUT2D eigenvalue weighted by atomic mass is 16.6. The van der Waals surface area contributed by atoms with Crippen LogP contribution >= 0.6 is 0 Å². The molecule has 4 nitrogen and oxygen atoms in total. The van der Waals surface area contributed by atoms with E-state index < -0.39 is 5.60 Å². The van der Waals surface area contributed by atoms with Crippen molar-refractivity contribution in [1.29, 1.82) is 0 Å². The molecule has 2 N–H and O–H groups in total. The van der Waals surface area contributed by atoms with Crippen molar-refractivity contribution in [3.05, 3.63) is 0 Å². The first kappa shape index (κ1) is 19.7. The average molecular weight is 378 g/mol. The molecule has 4 aliphatic carbocycles. The summed E-state index contributed by atoms with van der Waals surface area (Å²) >= 11 is 0. The van der Waals surface area contributed by atoms with Crippen LogP contribution in [0.3, 0.4) is 0 Å². The van der Waals surface area contributed by atoms with E-state index in [9.17, 15) is 10.2 Å². The van der Waals surface area contributed by atoms with Crippen LogP contribution in [0.5, 0.6) is 0 Å². The summed E-state index contributed by atoms with van der Waals surface area (Å²) in [5.41, 5.74) is -0.127. The third-order valence-electron chi connectivity index (χ3n) is 9.84. The Morgan fingerprint density at radius 1 is 1.04 bits per heavy atom. The van der Waals surface area contributed by atoms with Gasteiger partial charge in [-0.3, -0.25) is 0 Å². The summed E-state index contributed by atoms with van der Waals surface area (Å²) in [5.74, 6) is 2.32. The Balaban J connectivity index is 1.54. The van der Waals surface area contributed by atoms with Gasteiger partial charge in [0.15, 0.2) is 0 Å². The van der Waals surface area contributed by atoms with Crippen LogP contribution < -0.4 is 0 Å². The minimum absolute atomic E-state index is 0.0481. The molecule has 0 aromatic carbocycles. The van der Waals surface area contributed by atoms with Crippen LogP contribution in [0.2, 0.25) is 0 Å². The van der Waals surface area contributed by atoms with Gasteiger partial charge >= 0.3 is 0 Å². The molecule has 4 saturated carbocycles. The van der Waals surface area contributed by atoms with E-state index in [1.165, 1.54) is 12.8 Å². The fourth-order valence-corrected chi connectivity index (χ4v) is 8.18. The van der Waals surface area contributed by atoms with Crippen molar-refractivity contribution in [2.75, 3.05) is 7.11 Å². The molecule has 8 atom stereocenters. The van der Waals surface area contributed by atoms with E-state index in [1.807, 2.05) is 6.21 Å². The van der Waals surface area contributed by atoms with Crippen molar-refractivity contribution in [2.24, 2.45) is 39.7 Å². The average Bonchev–Trinajstić information content (AvgIpc) is 2.91. The molecule has 0 aromatic rings. The van der Waals surface area contributed by atoms with E-state index in [0.29, 0.717) is 29.1 Å². The zero-order chi connectivity index (χ0) is 19.3. The quantitative estimate of drug-likeness (QED) is 0.559. The van der Waals surface area contributed by atoms with E-state index in [-0.39, 0.29) is 11.5 Å². The predicted octanol–water partition coefficient (Wildman–Crippen LogP) is 4.53. The number of nitrogens with zero attached hydrogens (tertiary/aromatic N) is 1. The highest BCUT2D eigenvalue weighted by Crippen LogP contribution is 2.69. The molecule has 0 radical (unpaired) electrons. The number of aliphatic hydroxyl groups excluding tert-OH is 1. The van der Waals surface area contributed by atoms with E-state index in [0.717, 1.165) is 57.8 Å². The first-order valence-electron chi connectivity index (χ1n) is 11.3. The summed E-state index contributed by atoms with van der Waals surface area (Å²) in [6, 6.07) is 0. The highest BCUT2D eigenvalue weighted by molar-refractivity contribution is 5.56. The van der Waals surface area contributed by atoms with Crippen molar-refractivity contribution in [2.45, 2.75) is 96.2 Å². The Morgan fingerprint density at radius 3 is 2.63 bits per heavy atom. The Labute approximate surface area is 164 Å². The molecule has 4 heteroatoms. The van der Waals surface area contributed by atoms with Crippen LogP contribution in [-0.4, -0.2) is 35.2 Å². The first-order valence-corrected chi connectivity index (χ1v) is 11.3. The molecule has 0 saturated heterocycles. The second-order valence-corrected chi connectivity index (χ2v) is 10.6. The first-order chi connectivity index (χ1) is 12.8. The van der Waals surface area contributed by atoms with Crippen LogP contribution in [0.25, 0.3) is 0 Å². The van der Waals surface area contributed by atoms with Crippen LogP contribution in [0.15, 0.2) is 5.16 Å². The summed E-state index contributed by atoms with van der Waals surface area (Å²) in [5, 5.41) is 26.2. The van der Waals surface area contributed by atoms with Gasteiger partial charge < -0.3 is 15.1 Å². The number of aliphatic hydroxyl groups is 2. The van der Waals surface area contributed by atoms with Gasteiger partial charge in [-0.05, 0) is 105 Å². The lowest BCUT2D eigenvalue weighted by Crippen LogP contribution is -2.62. The molecule has 4 rings (SSSR count). The van der Waals surface area contributed by atoms with Gasteiger partial charge in [0.1, 0.15) is 7.11 Å². The third-order valence-corrected chi connectivity index (χ3v) is 9.84. The fraction of sp³-hybridized carbons (Fsp3) is 0.957. The van der Waals surface area contributed by atoms with Crippen LogP contribution in [0.1, 0.15) is 84.5 Å². The Hall–Kier alpha value is -0.610. The van der Waals surface area contributed by atoms with Crippen molar-refractivity contribution in [3.8, 4) is 0 Å². The van der Waals surface area contributed by atoms with Crippen molar-refractivity contribution < 1.29 is 15.1 Å². The maximum atomic E-state index is 12.1. The van der Waals surface area contributed by atoms with E-state index >= 15 is 0 Å².